The molecule has 4 rings (SSSR count). The molecule has 0 radical (unpaired) electrons. The quantitative estimate of drug-likeness (QED) is 0.369. The molecule has 3 heterocycles. The van der Waals surface area contributed by atoms with E-state index in [9.17, 15) is 14.5 Å². The lowest BCUT2D eigenvalue weighted by Gasteiger charge is -2.35. The van der Waals surface area contributed by atoms with E-state index in [1.807, 2.05) is 6.07 Å². The first-order valence-electron chi connectivity index (χ1n) is 9.46. The highest BCUT2D eigenvalue weighted by molar-refractivity contribution is 6.30. The highest BCUT2D eigenvalue weighted by atomic mass is 35.5. The van der Waals surface area contributed by atoms with Crippen LogP contribution in [0.15, 0.2) is 18.3 Å². The molecule has 1 aromatic carbocycles. The van der Waals surface area contributed by atoms with Crippen molar-refractivity contribution in [1.29, 1.82) is 5.26 Å². The third-order valence-corrected chi connectivity index (χ3v) is 5.54. The minimum atomic E-state index is -1.13. The van der Waals surface area contributed by atoms with E-state index in [0.29, 0.717) is 23.6 Å². The molecule has 12 heteroatoms. The molecule has 0 bridgehead atoms. The van der Waals surface area contributed by atoms with Crippen LogP contribution in [0.4, 0.5) is 22.0 Å². The third kappa shape index (κ3) is 3.94. The first-order chi connectivity index (χ1) is 14.8. The lowest BCUT2D eigenvalue weighted by molar-refractivity contribution is -0.385. The van der Waals surface area contributed by atoms with Crippen LogP contribution in [0.3, 0.4) is 0 Å². The smallest absolute Gasteiger partial charge is 0.274 e. The van der Waals surface area contributed by atoms with Crippen LogP contribution in [0.5, 0.6) is 0 Å². The van der Waals surface area contributed by atoms with Gasteiger partial charge in [0.2, 0.25) is 11.9 Å². The van der Waals surface area contributed by atoms with Crippen LogP contribution in [-0.4, -0.2) is 49.7 Å². The normalized spacial score (nSPS) is 18.7. The van der Waals surface area contributed by atoms with Crippen molar-refractivity contribution >= 4 is 40.2 Å². The minimum absolute atomic E-state index is 0.00597. The van der Waals surface area contributed by atoms with Crippen molar-refractivity contribution in [2.24, 2.45) is 7.05 Å². The van der Waals surface area contributed by atoms with Crippen molar-refractivity contribution in [2.45, 2.75) is 25.6 Å². The fourth-order valence-electron chi connectivity index (χ4n) is 3.79. The van der Waals surface area contributed by atoms with Crippen LogP contribution in [0.2, 0.25) is 5.15 Å². The van der Waals surface area contributed by atoms with Gasteiger partial charge in [0, 0.05) is 37.7 Å². The molecule has 0 unspecified atom stereocenters. The Morgan fingerprint density at radius 1 is 1.39 bits per heavy atom. The van der Waals surface area contributed by atoms with Crippen molar-refractivity contribution in [3.8, 4) is 6.07 Å². The van der Waals surface area contributed by atoms with Crippen LogP contribution >= 0.6 is 11.6 Å². The summed E-state index contributed by atoms with van der Waals surface area (Å²) < 4.78 is 16.4. The number of benzene rings is 1. The van der Waals surface area contributed by atoms with Crippen molar-refractivity contribution in [3.63, 3.8) is 0 Å². The molecule has 1 N–H and O–H groups in total. The SMILES string of the molecule is Cc1cc2c(cc1[N+](=O)[O-])nc(N1C[C@H](F)C[C@@H](Nc3ncc(C#N)c(Cl)n3)C1)n2C. The molecule has 160 valence electrons. The molecule has 1 aliphatic heterocycles. The van der Waals surface area contributed by atoms with Crippen molar-refractivity contribution in [3.05, 3.63) is 44.7 Å². The monoisotopic (exact) mass is 444 g/mol. The van der Waals surface area contributed by atoms with Gasteiger partial charge in [-0.1, -0.05) is 11.6 Å². The molecular weight excluding hydrogens is 427 g/mol. The van der Waals surface area contributed by atoms with Gasteiger partial charge in [0.15, 0.2) is 5.15 Å². The summed E-state index contributed by atoms with van der Waals surface area (Å²) >= 11 is 5.95. The van der Waals surface area contributed by atoms with Crippen LogP contribution < -0.4 is 10.2 Å². The van der Waals surface area contributed by atoms with Crippen molar-refractivity contribution in [1.82, 2.24) is 19.5 Å². The largest absolute Gasteiger partial charge is 0.350 e. The van der Waals surface area contributed by atoms with E-state index in [1.54, 1.807) is 29.5 Å². The molecule has 2 aromatic heterocycles. The molecule has 0 saturated carbocycles. The first-order valence-corrected chi connectivity index (χ1v) is 9.84. The summed E-state index contributed by atoms with van der Waals surface area (Å²) in [5.41, 5.74) is 1.88. The van der Waals surface area contributed by atoms with E-state index >= 15 is 0 Å². The number of nitrogens with one attached hydrogen (secondary N) is 1. The van der Waals surface area contributed by atoms with Gasteiger partial charge in [-0.05, 0) is 13.0 Å². The molecule has 1 saturated heterocycles. The Hall–Kier alpha value is -3.52. The predicted molar refractivity (Wildman–Crippen MR) is 113 cm³/mol. The van der Waals surface area contributed by atoms with Crippen molar-refractivity contribution in [2.75, 3.05) is 23.3 Å². The van der Waals surface area contributed by atoms with Gasteiger partial charge in [-0.15, -0.1) is 0 Å². The third-order valence-electron chi connectivity index (χ3n) is 5.25. The fourth-order valence-corrected chi connectivity index (χ4v) is 3.96. The van der Waals surface area contributed by atoms with E-state index in [1.165, 1.54) is 12.3 Å². The lowest BCUT2D eigenvalue weighted by Crippen LogP contribution is -2.48. The van der Waals surface area contributed by atoms with E-state index in [4.69, 9.17) is 16.9 Å². The zero-order chi connectivity index (χ0) is 22.3. The van der Waals surface area contributed by atoms with Crippen LogP contribution in [0, 0.1) is 28.4 Å². The number of halogens is 2. The number of hydrogen-bond donors (Lipinski definition) is 1. The number of nitro groups is 1. The van der Waals surface area contributed by atoms with Gasteiger partial charge in [-0.2, -0.15) is 10.2 Å². The average Bonchev–Trinajstić information content (AvgIpc) is 3.03. The molecule has 1 fully saturated rings. The Kier molecular flexibility index (Phi) is 5.32. The Morgan fingerprint density at radius 3 is 2.84 bits per heavy atom. The second-order valence-corrected chi connectivity index (χ2v) is 7.80. The minimum Gasteiger partial charge on any atom is -0.350 e. The second-order valence-electron chi connectivity index (χ2n) is 7.44. The van der Waals surface area contributed by atoms with Gasteiger partial charge in [0.05, 0.1) is 28.7 Å². The van der Waals surface area contributed by atoms with E-state index in [2.05, 4.69) is 20.3 Å². The Morgan fingerprint density at radius 2 is 2.16 bits per heavy atom. The van der Waals surface area contributed by atoms with E-state index < -0.39 is 11.1 Å². The van der Waals surface area contributed by atoms with Gasteiger partial charge >= 0.3 is 0 Å². The zero-order valence-electron chi connectivity index (χ0n) is 16.7. The van der Waals surface area contributed by atoms with Crippen LogP contribution in [0.1, 0.15) is 17.5 Å². The summed E-state index contributed by atoms with van der Waals surface area (Å²) in [4.78, 5) is 25.2. The van der Waals surface area contributed by atoms with E-state index in [-0.39, 0.29) is 41.4 Å². The molecule has 10 nitrogen and oxygen atoms in total. The zero-order valence-corrected chi connectivity index (χ0v) is 17.5. The Labute approximate surface area is 181 Å². The van der Waals surface area contributed by atoms with Gasteiger partial charge < -0.3 is 14.8 Å². The number of fused-ring (bicyclic) bond motifs is 1. The number of hydrogen-bond acceptors (Lipinski definition) is 8. The van der Waals surface area contributed by atoms with Gasteiger partial charge in [0.25, 0.3) is 5.69 Å². The highest BCUT2D eigenvalue weighted by Gasteiger charge is 2.30. The number of imidazole rings is 1. The molecule has 2 atom stereocenters. The number of nitro benzene ring substituents is 1. The van der Waals surface area contributed by atoms with Crippen molar-refractivity contribution < 1.29 is 9.31 Å². The fraction of sp³-hybridized carbons (Fsp3) is 0.368. The number of nitriles is 1. The van der Waals surface area contributed by atoms with Gasteiger partial charge in [0.1, 0.15) is 17.8 Å². The van der Waals surface area contributed by atoms with Crippen LogP contribution in [0.25, 0.3) is 11.0 Å². The summed E-state index contributed by atoms with van der Waals surface area (Å²) in [5, 5.41) is 23.3. The first kappa shape index (κ1) is 20.7. The summed E-state index contributed by atoms with van der Waals surface area (Å²) in [6.07, 6.45) is 0.425. The lowest BCUT2D eigenvalue weighted by atomic mass is 10.0. The predicted octanol–water partition coefficient (Wildman–Crippen LogP) is 3.13. The average molecular weight is 445 g/mol. The topological polar surface area (TPSA) is 126 Å². The molecule has 0 aliphatic carbocycles. The summed E-state index contributed by atoms with van der Waals surface area (Å²) in [7, 11) is 1.80. The standard InChI is InChI=1S/C19H18ClFN8O2/c1-10-3-16-14(5-15(10)29(30)31)25-19(27(16)2)28-8-12(21)4-13(9-28)24-18-23-7-11(6-22)17(20)26-18/h3,5,7,12-13H,4,8-9H2,1-2H3,(H,23,24,26)/t12-,13-/m1/s1. The summed E-state index contributed by atoms with van der Waals surface area (Å²) in [6.45, 7) is 2.23. The molecule has 1 aliphatic rings. The molecule has 31 heavy (non-hydrogen) atoms. The summed E-state index contributed by atoms with van der Waals surface area (Å²) in [5.74, 6) is 0.724. The molecule has 0 amide bonds. The van der Waals surface area contributed by atoms with Gasteiger partial charge in [-0.25, -0.2) is 14.4 Å². The van der Waals surface area contributed by atoms with Gasteiger partial charge in [-0.3, -0.25) is 10.1 Å². The molecule has 3 aromatic rings. The van der Waals surface area contributed by atoms with E-state index in [0.717, 1.165) is 5.52 Å². The highest BCUT2D eigenvalue weighted by Crippen LogP contribution is 2.30. The number of piperidine rings is 1. The van der Waals surface area contributed by atoms with Crippen LogP contribution in [-0.2, 0) is 7.05 Å². The maximum atomic E-state index is 14.6. The number of nitrogens with zero attached hydrogens (tertiary/aromatic N) is 7. The second kappa shape index (κ2) is 7.96. The molecule has 0 spiro atoms. The summed E-state index contributed by atoms with van der Waals surface area (Å²) in [6, 6.07) is 4.71. The molecular formula is C19H18ClFN8O2. The Bertz CT molecular complexity index is 1220. The maximum Gasteiger partial charge on any atom is 0.274 e. The Balaban J connectivity index is 1.61. The number of aromatic nitrogens is 4. The number of rotatable bonds is 4. The number of anilines is 2. The number of alkyl halides is 1. The number of aryl methyl sites for hydroxylation is 2. The maximum absolute atomic E-state index is 14.6.